The standard InChI is InChI=1S/C27H36N2O/c1-18(2)21-11-9-12-22(19(3)4)25(21)29-26(30)28-24-15-14-20-10-5-6-13-23(20)27(24)16-7-8-17-27/h5-6,9-13,18-19,24H,7-8,14-17H2,1-4H3,(H2,28,29,30). The number of hydrogen-bond acceptors (Lipinski definition) is 1. The molecule has 4 rings (SSSR count). The Labute approximate surface area is 181 Å². The van der Waals surface area contributed by atoms with Crippen LogP contribution in [-0.4, -0.2) is 12.1 Å². The Bertz CT molecular complexity index is 883. The van der Waals surface area contributed by atoms with Crippen LogP contribution in [-0.2, 0) is 11.8 Å². The van der Waals surface area contributed by atoms with E-state index in [0.717, 1.165) is 18.5 Å². The SMILES string of the molecule is CC(C)c1cccc(C(C)C)c1NC(=O)NC1CCc2ccccc2C12CCCC2. The molecule has 1 unspecified atom stereocenters. The molecule has 0 saturated heterocycles. The van der Waals surface area contributed by atoms with Crippen LogP contribution < -0.4 is 10.6 Å². The first-order valence-electron chi connectivity index (χ1n) is 11.7. The van der Waals surface area contributed by atoms with Gasteiger partial charge in [0.05, 0.1) is 0 Å². The van der Waals surface area contributed by atoms with E-state index in [-0.39, 0.29) is 17.5 Å². The Morgan fingerprint density at radius 1 is 0.933 bits per heavy atom. The van der Waals surface area contributed by atoms with Gasteiger partial charge < -0.3 is 10.6 Å². The summed E-state index contributed by atoms with van der Waals surface area (Å²) >= 11 is 0. The fourth-order valence-electron chi connectivity index (χ4n) is 5.83. The van der Waals surface area contributed by atoms with E-state index < -0.39 is 0 Å². The predicted molar refractivity (Wildman–Crippen MR) is 125 cm³/mol. The predicted octanol–water partition coefficient (Wildman–Crippen LogP) is 6.88. The first-order chi connectivity index (χ1) is 14.4. The maximum atomic E-state index is 13.3. The van der Waals surface area contributed by atoms with Crippen LogP contribution in [0.5, 0.6) is 0 Å². The molecule has 0 heterocycles. The van der Waals surface area contributed by atoms with Gasteiger partial charge in [-0.15, -0.1) is 0 Å². The maximum absolute atomic E-state index is 13.3. The molecule has 2 aromatic rings. The quantitative estimate of drug-likeness (QED) is 0.573. The molecule has 2 amide bonds. The van der Waals surface area contributed by atoms with E-state index in [1.54, 1.807) is 0 Å². The van der Waals surface area contributed by atoms with Crippen LogP contribution in [0.25, 0.3) is 0 Å². The summed E-state index contributed by atoms with van der Waals surface area (Å²) in [4.78, 5) is 13.3. The maximum Gasteiger partial charge on any atom is 0.319 e. The van der Waals surface area contributed by atoms with Crippen molar-refractivity contribution in [3.63, 3.8) is 0 Å². The van der Waals surface area contributed by atoms with Gasteiger partial charge in [0, 0.05) is 17.1 Å². The molecule has 1 fully saturated rings. The number of rotatable bonds is 4. The third kappa shape index (κ3) is 3.75. The van der Waals surface area contributed by atoms with E-state index in [4.69, 9.17) is 0 Å². The van der Waals surface area contributed by atoms with Crippen molar-refractivity contribution in [2.24, 2.45) is 0 Å². The Hall–Kier alpha value is -2.29. The lowest BCUT2D eigenvalue weighted by Gasteiger charge is -2.43. The van der Waals surface area contributed by atoms with Gasteiger partial charge in [0.1, 0.15) is 0 Å². The van der Waals surface area contributed by atoms with Crippen LogP contribution >= 0.6 is 0 Å². The largest absolute Gasteiger partial charge is 0.334 e. The zero-order valence-corrected chi connectivity index (χ0v) is 18.9. The van der Waals surface area contributed by atoms with Crippen molar-refractivity contribution in [3.8, 4) is 0 Å². The lowest BCUT2D eigenvalue weighted by atomic mass is 9.65. The molecular weight excluding hydrogens is 368 g/mol. The number of carbonyl (C=O) groups excluding carboxylic acids is 1. The van der Waals surface area contributed by atoms with Crippen LogP contribution in [0.2, 0.25) is 0 Å². The van der Waals surface area contributed by atoms with Gasteiger partial charge in [-0.05, 0) is 59.8 Å². The number of nitrogens with one attached hydrogen (secondary N) is 2. The van der Waals surface area contributed by atoms with Crippen molar-refractivity contribution in [2.45, 2.75) is 89.5 Å². The molecule has 1 atom stereocenters. The smallest absolute Gasteiger partial charge is 0.319 e. The number of para-hydroxylation sites is 1. The third-order valence-electron chi connectivity index (χ3n) is 7.34. The summed E-state index contributed by atoms with van der Waals surface area (Å²) in [5.74, 6) is 0.725. The number of hydrogen-bond donors (Lipinski definition) is 2. The Morgan fingerprint density at radius 3 is 2.20 bits per heavy atom. The highest BCUT2D eigenvalue weighted by Crippen LogP contribution is 2.49. The van der Waals surface area contributed by atoms with Crippen molar-refractivity contribution in [1.82, 2.24) is 5.32 Å². The number of benzene rings is 2. The summed E-state index contributed by atoms with van der Waals surface area (Å²) in [6, 6.07) is 15.4. The number of fused-ring (bicyclic) bond motifs is 2. The molecule has 160 valence electrons. The normalized spacial score (nSPS) is 19.9. The highest BCUT2D eigenvalue weighted by atomic mass is 16.2. The van der Waals surface area contributed by atoms with Gasteiger partial charge in [-0.25, -0.2) is 4.79 Å². The van der Waals surface area contributed by atoms with E-state index >= 15 is 0 Å². The average molecular weight is 405 g/mol. The molecule has 3 nitrogen and oxygen atoms in total. The molecule has 2 aromatic carbocycles. The molecule has 2 aliphatic carbocycles. The fraction of sp³-hybridized carbons (Fsp3) is 0.519. The van der Waals surface area contributed by atoms with Gasteiger partial charge >= 0.3 is 6.03 Å². The van der Waals surface area contributed by atoms with Crippen molar-refractivity contribution in [1.29, 1.82) is 0 Å². The van der Waals surface area contributed by atoms with E-state index in [2.05, 4.69) is 80.8 Å². The molecule has 30 heavy (non-hydrogen) atoms. The van der Waals surface area contributed by atoms with Crippen LogP contribution in [0.3, 0.4) is 0 Å². The number of urea groups is 1. The van der Waals surface area contributed by atoms with Gasteiger partial charge in [0.15, 0.2) is 0 Å². The Kier molecular flexibility index (Phi) is 5.90. The second-order valence-corrected chi connectivity index (χ2v) is 9.83. The first kappa shape index (κ1) is 21.0. The van der Waals surface area contributed by atoms with Gasteiger partial charge in [0.25, 0.3) is 0 Å². The van der Waals surface area contributed by atoms with Crippen molar-refractivity contribution in [3.05, 3.63) is 64.7 Å². The summed E-state index contributed by atoms with van der Waals surface area (Å²) in [6.45, 7) is 8.75. The van der Waals surface area contributed by atoms with E-state index in [0.29, 0.717) is 11.8 Å². The molecule has 1 spiro atoms. The van der Waals surface area contributed by atoms with Crippen molar-refractivity contribution < 1.29 is 4.79 Å². The molecule has 1 saturated carbocycles. The average Bonchev–Trinajstić information content (AvgIpc) is 3.20. The fourth-order valence-corrected chi connectivity index (χ4v) is 5.83. The van der Waals surface area contributed by atoms with Crippen molar-refractivity contribution in [2.75, 3.05) is 5.32 Å². The minimum atomic E-state index is -0.0549. The lowest BCUT2D eigenvalue weighted by Crippen LogP contribution is -2.53. The van der Waals surface area contributed by atoms with Gasteiger partial charge in [-0.2, -0.15) is 0 Å². The molecule has 0 aromatic heterocycles. The summed E-state index contributed by atoms with van der Waals surface area (Å²) in [7, 11) is 0. The van der Waals surface area contributed by atoms with Crippen LogP contribution in [0, 0.1) is 0 Å². The minimum absolute atomic E-state index is 0.0549. The zero-order chi connectivity index (χ0) is 21.3. The number of anilines is 1. The highest BCUT2D eigenvalue weighted by Gasteiger charge is 2.46. The molecule has 0 bridgehead atoms. The lowest BCUT2D eigenvalue weighted by molar-refractivity contribution is 0.227. The number of amides is 2. The van der Waals surface area contributed by atoms with E-state index in [9.17, 15) is 4.79 Å². The number of carbonyl (C=O) groups is 1. The second kappa shape index (κ2) is 8.45. The molecule has 0 aliphatic heterocycles. The second-order valence-electron chi connectivity index (χ2n) is 9.83. The molecular formula is C27H36N2O. The summed E-state index contributed by atoms with van der Waals surface area (Å²) < 4.78 is 0. The van der Waals surface area contributed by atoms with Crippen LogP contribution in [0.1, 0.15) is 93.9 Å². The molecule has 2 aliphatic rings. The van der Waals surface area contributed by atoms with Crippen molar-refractivity contribution >= 4 is 11.7 Å². The Morgan fingerprint density at radius 2 is 1.57 bits per heavy atom. The molecule has 2 N–H and O–H groups in total. The van der Waals surface area contributed by atoms with Gasteiger partial charge in [-0.1, -0.05) is 83.0 Å². The zero-order valence-electron chi connectivity index (χ0n) is 18.9. The summed E-state index contributed by atoms with van der Waals surface area (Å²) in [6.07, 6.45) is 6.92. The van der Waals surface area contributed by atoms with E-state index in [1.165, 1.54) is 47.9 Å². The van der Waals surface area contributed by atoms with Gasteiger partial charge in [0.2, 0.25) is 0 Å². The van der Waals surface area contributed by atoms with Gasteiger partial charge in [-0.3, -0.25) is 0 Å². The summed E-state index contributed by atoms with van der Waals surface area (Å²) in [5, 5.41) is 6.69. The monoisotopic (exact) mass is 404 g/mol. The topological polar surface area (TPSA) is 41.1 Å². The Balaban J connectivity index is 1.60. The van der Waals surface area contributed by atoms with Crippen LogP contribution in [0.4, 0.5) is 10.5 Å². The molecule has 3 heteroatoms. The third-order valence-corrected chi connectivity index (χ3v) is 7.34. The number of aryl methyl sites for hydroxylation is 1. The van der Waals surface area contributed by atoms with E-state index in [1.807, 2.05) is 0 Å². The highest BCUT2D eigenvalue weighted by molar-refractivity contribution is 5.91. The molecule has 0 radical (unpaired) electrons. The summed E-state index contributed by atoms with van der Waals surface area (Å²) in [5.41, 5.74) is 6.47. The minimum Gasteiger partial charge on any atom is -0.334 e. The van der Waals surface area contributed by atoms with Crippen LogP contribution in [0.15, 0.2) is 42.5 Å². The first-order valence-corrected chi connectivity index (χ1v) is 11.7.